The molecule has 0 unspecified atom stereocenters. The zero-order chi connectivity index (χ0) is 58.4. The van der Waals surface area contributed by atoms with Crippen molar-refractivity contribution in [3.8, 4) is 0 Å². The van der Waals surface area contributed by atoms with Gasteiger partial charge in [0.15, 0.2) is 24.8 Å². The van der Waals surface area contributed by atoms with Crippen LogP contribution in [0.15, 0.2) is 60.7 Å². The van der Waals surface area contributed by atoms with Crippen molar-refractivity contribution in [2.24, 2.45) is 11.8 Å². The minimum absolute atomic E-state index is 0.00427. The molecular weight excluding hydrogens is 1030 g/mol. The van der Waals surface area contributed by atoms with Crippen molar-refractivity contribution in [1.29, 1.82) is 0 Å². The van der Waals surface area contributed by atoms with Crippen LogP contribution in [0.4, 0.5) is 9.59 Å². The number of carbonyl (C=O) groups excluding carboxylic acids is 5. The number of cyclic esters (lactones) is 1. The molecule has 3 aliphatic heterocycles. The molecule has 2 aromatic rings. The Morgan fingerprint density at radius 2 is 1.38 bits per heavy atom. The number of hydrogen-bond acceptors (Lipinski definition) is 19. The van der Waals surface area contributed by atoms with Crippen molar-refractivity contribution in [2.45, 2.75) is 212 Å². The maximum absolute atomic E-state index is 14.8. The number of amides is 2. The van der Waals surface area contributed by atoms with Gasteiger partial charge in [-0.05, 0) is 91.9 Å². The van der Waals surface area contributed by atoms with Crippen molar-refractivity contribution in [3.05, 3.63) is 71.8 Å². The predicted octanol–water partition coefficient (Wildman–Crippen LogP) is 6.45. The first kappa shape index (κ1) is 64.8. The molecule has 3 aliphatic rings. The van der Waals surface area contributed by atoms with Gasteiger partial charge in [-0.2, -0.15) is 0 Å². The van der Waals surface area contributed by atoms with Gasteiger partial charge in [0.05, 0.1) is 54.6 Å². The molecule has 0 bridgehead atoms. The molecule has 21 nitrogen and oxygen atoms in total. The first-order valence-corrected chi connectivity index (χ1v) is 27.7. The van der Waals surface area contributed by atoms with Gasteiger partial charge in [-0.1, -0.05) is 88.4 Å². The smallest absolute Gasteiger partial charge is 0.459 e. The standard InChI is InChI=1S/C58H89N3O18/c1-15-43-58(11,68)49(64)38(7)59-44(62)28-29-56(9,69-13)50(36(5)47(37(6)52(65)75-43)77-46-31-57(10,70-14)51(39(8)74-46)76-45(63)32-61(16-2)17-3)79-53-48(78-55(67)72-34-41-26-22-19-23-27-41)42(30-35(4)73-53)60(12)54(66)71-33-40-24-20-18-21-25-40/h18-27,35-39,42-43,46-51,53,64,68H,15-17,28-34H2,1-14H3,(H,59,62)/t35-,36+,37-,38-,39+,42+,43-,46+,47+,48-,49-,50-,51+,53+,56-,57-,58-/m1/s1. The van der Waals surface area contributed by atoms with E-state index >= 15 is 0 Å². The number of methoxy groups -OCH3 is 2. The lowest BCUT2D eigenvalue weighted by atomic mass is 9.79. The summed E-state index contributed by atoms with van der Waals surface area (Å²) in [4.78, 5) is 73.3. The van der Waals surface area contributed by atoms with Crippen LogP contribution in [0, 0.1) is 11.8 Å². The van der Waals surface area contributed by atoms with Gasteiger partial charge in [-0.3, -0.25) is 19.3 Å². The van der Waals surface area contributed by atoms with E-state index < -0.39 is 132 Å². The Kier molecular flexibility index (Phi) is 23.9. The summed E-state index contributed by atoms with van der Waals surface area (Å²) in [7, 11) is 4.46. The summed E-state index contributed by atoms with van der Waals surface area (Å²) < 4.78 is 69.6. The van der Waals surface area contributed by atoms with Gasteiger partial charge in [0.1, 0.15) is 36.6 Å². The lowest BCUT2D eigenvalue weighted by Gasteiger charge is -2.50. The van der Waals surface area contributed by atoms with E-state index in [0.29, 0.717) is 18.7 Å². The van der Waals surface area contributed by atoms with Crippen LogP contribution in [0.3, 0.4) is 0 Å². The molecule has 444 valence electrons. The molecule has 0 aliphatic carbocycles. The van der Waals surface area contributed by atoms with E-state index in [4.69, 9.17) is 52.1 Å². The molecular formula is C58H89N3O18. The van der Waals surface area contributed by atoms with E-state index in [0.717, 1.165) is 5.56 Å². The zero-order valence-corrected chi connectivity index (χ0v) is 48.7. The van der Waals surface area contributed by atoms with Crippen LogP contribution in [0.5, 0.6) is 0 Å². The van der Waals surface area contributed by atoms with Crippen LogP contribution in [-0.4, -0.2) is 181 Å². The number of hydrogen-bond donors (Lipinski definition) is 3. The molecule has 3 N–H and O–H groups in total. The minimum Gasteiger partial charge on any atom is -0.459 e. The van der Waals surface area contributed by atoms with Gasteiger partial charge in [0.25, 0.3) is 0 Å². The highest BCUT2D eigenvalue weighted by molar-refractivity contribution is 5.76. The number of nitrogens with one attached hydrogen (secondary N) is 1. The Bertz CT molecular complexity index is 2260. The van der Waals surface area contributed by atoms with Gasteiger partial charge in [0, 0.05) is 40.0 Å². The fraction of sp³-hybridized carbons (Fsp3) is 0.707. The summed E-state index contributed by atoms with van der Waals surface area (Å²) in [5.74, 6) is -3.96. The SMILES string of the molecule is CC[C@H]1OC(=O)[C@H](C)[C@@H](O[C@H]2C[C@@](C)(OC)[C@@H](OC(=O)CN(CC)CC)[C@H](C)O2)[C@H](C)[C@@H](O[C@@H]2O[C@H](C)C[C@H](N(C)C(=O)OCc3ccccc3)[C@H]2OC(=O)OCc2ccccc2)[C@](C)(OC)CCC(=O)N[C@H](C)[C@@H](O)[C@]1(C)O. The molecule has 0 radical (unpaired) electrons. The summed E-state index contributed by atoms with van der Waals surface area (Å²) in [6, 6.07) is 16.2. The highest BCUT2D eigenvalue weighted by atomic mass is 16.8. The highest BCUT2D eigenvalue weighted by Crippen LogP contribution is 2.42. The average molecular weight is 1120 g/mol. The number of benzene rings is 2. The largest absolute Gasteiger partial charge is 0.509 e. The van der Waals surface area contributed by atoms with Crippen molar-refractivity contribution < 1.29 is 86.3 Å². The Balaban J connectivity index is 1.61. The van der Waals surface area contributed by atoms with Crippen LogP contribution in [0.1, 0.15) is 119 Å². The molecule has 21 heteroatoms. The first-order valence-electron chi connectivity index (χ1n) is 27.7. The number of nitrogens with zero attached hydrogens (tertiary/aromatic N) is 2. The minimum atomic E-state index is -2.05. The zero-order valence-electron chi connectivity index (χ0n) is 48.7. The second kappa shape index (κ2) is 29.1. The molecule has 3 fully saturated rings. The Labute approximate surface area is 466 Å². The Morgan fingerprint density at radius 1 is 0.785 bits per heavy atom. The van der Waals surface area contributed by atoms with Crippen molar-refractivity contribution in [3.63, 3.8) is 0 Å². The van der Waals surface area contributed by atoms with Gasteiger partial charge >= 0.3 is 24.2 Å². The molecule has 0 spiro atoms. The number of likely N-dealkylation sites (N-methyl/N-ethyl adjacent to an activating group) is 2. The van der Waals surface area contributed by atoms with Gasteiger partial charge < -0.3 is 72.5 Å². The number of rotatable bonds is 18. The van der Waals surface area contributed by atoms with Gasteiger partial charge in [-0.15, -0.1) is 0 Å². The van der Waals surface area contributed by atoms with E-state index in [2.05, 4.69) is 5.32 Å². The molecule has 0 aromatic heterocycles. The van der Waals surface area contributed by atoms with E-state index in [1.165, 1.54) is 40.0 Å². The fourth-order valence-electron chi connectivity index (χ4n) is 10.9. The van der Waals surface area contributed by atoms with Gasteiger partial charge in [-0.25, -0.2) is 9.59 Å². The third-order valence-electron chi connectivity index (χ3n) is 16.1. The number of carbonyl (C=O) groups is 5. The molecule has 0 saturated carbocycles. The number of aliphatic hydroxyl groups is 2. The molecule has 2 amide bonds. The highest BCUT2D eigenvalue weighted by Gasteiger charge is 2.55. The maximum Gasteiger partial charge on any atom is 0.509 e. The maximum atomic E-state index is 14.8. The summed E-state index contributed by atoms with van der Waals surface area (Å²) in [5.41, 5.74) is -3.26. The lowest BCUT2D eigenvalue weighted by molar-refractivity contribution is -0.319. The second-order valence-electron chi connectivity index (χ2n) is 21.9. The van der Waals surface area contributed by atoms with E-state index in [1.54, 1.807) is 72.7 Å². The molecule has 3 heterocycles. The third-order valence-corrected chi connectivity index (χ3v) is 16.1. The number of aliphatic hydroxyl groups excluding tert-OH is 1. The summed E-state index contributed by atoms with van der Waals surface area (Å²) in [6.07, 6.45) is -13.5. The molecule has 5 rings (SSSR count). The van der Waals surface area contributed by atoms with Crippen molar-refractivity contribution in [1.82, 2.24) is 15.1 Å². The molecule has 17 atom stereocenters. The fourth-order valence-corrected chi connectivity index (χ4v) is 10.9. The summed E-state index contributed by atoms with van der Waals surface area (Å²) in [6.45, 7) is 20.0. The van der Waals surface area contributed by atoms with Crippen LogP contribution >= 0.6 is 0 Å². The first-order chi connectivity index (χ1) is 37.3. The summed E-state index contributed by atoms with van der Waals surface area (Å²) >= 11 is 0. The molecule has 3 saturated heterocycles. The quantitative estimate of drug-likeness (QED) is 0.107. The van der Waals surface area contributed by atoms with Gasteiger partial charge in [0.2, 0.25) is 5.91 Å². The van der Waals surface area contributed by atoms with Crippen molar-refractivity contribution in [2.75, 3.05) is 40.9 Å². The number of ether oxygens (including phenoxy) is 11. The topological polar surface area (TPSA) is 246 Å². The second-order valence-corrected chi connectivity index (χ2v) is 21.9. The monoisotopic (exact) mass is 1120 g/mol. The van der Waals surface area contributed by atoms with E-state index in [1.807, 2.05) is 55.1 Å². The average Bonchev–Trinajstić information content (AvgIpc) is 3.48. The Hall–Kier alpha value is -4.97. The lowest BCUT2D eigenvalue weighted by Crippen LogP contribution is -2.62. The predicted molar refractivity (Wildman–Crippen MR) is 288 cm³/mol. The molecule has 2 aromatic carbocycles. The van der Waals surface area contributed by atoms with Crippen LogP contribution < -0.4 is 5.32 Å². The van der Waals surface area contributed by atoms with E-state index in [-0.39, 0.29) is 51.9 Å². The number of esters is 2. The van der Waals surface area contributed by atoms with Crippen LogP contribution in [0.2, 0.25) is 0 Å². The van der Waals surface area contributed by atoms with Crippen LogP contribution in [-0.2, 0) is 79.7 Å². The summed E-state index contributed by atoms with van der Waals surface area (Å²) in [5, 5.41) is 26.2. The van der Waals surface area contributed by atoms with Crippen molar-refractivity contribution >= 4 is 30.1 Å². The molecule has 79 heavy (non-hydrogen) atoms. The Morgan fingerprint density at radius 3 is 1.95 bits per heavy atom. The van der Waals surface area contributed by atoms with E-state index in [9.17, 15) is 34.2 Å². The van der Waals surface area contributed by atoms with Crippen LogP contribution in [0.25, 0.3) is 0 Å². The third kappa shape index (κ3) is 16.8. The normalized spacial score (nSPS) is 34.9.